The number of fused-ring (bicyclic) bond motifs is 1. The van der Waals surface area contributed by atoms with Crippen molar-refractivity contribution in [1.29, 1.82) is 0 Å². The van der Waals surface area contributed by atoms with Crippen LogP contribution < -0.4 is 10.7 Å². The Labute approximate surface area is 181 Å². The fourth-order valence-electron chi connectivity index (χ4n) is 3.14. The van der Waals surface area contributed by atoms with Gasteiger partial charge in [-0.15, -0.1) is 10.2 Å². The summed E-state index contributed by atoms with van der Waals surface area (Å²) in [4.78, 5) is 28.3. The van der Waals surface area contributed by atoms with E-state index >= 15 is 0 Å². The predicted octanol–water partition coefficient (Wildman–Crippen LogP) is 4.85. The molecule has 2 heterocycles. The van der Waals surface area contributed by atoms with Crippen molar-refractivity contribution in [2.24, 2.45) is 0 Å². The van der Waals surface area contributed by atoms with E-state index < -0.39 is 0 Å². The van der Waals surface area contributed by atoms with Crippen molar-refractivity contribution < 1.29 is 4.79 Å². The van der Waals surface area contributed by atoms with Crippen molar-refractivity contribution in [2.45, 2.75) is 30.9 Å². The van der Waals surface area contributed by atoms with Gasteiger partial charge in [-0.2, -0.15) is 0 Å². The Balaban J connectivity index is 1.47. The van der Waals surface area contributed by atoms with Crippen LogP contribution in [0.15, 0.2) is 51.6 Å². The number of aromatic amines is 1. The molecule has 0 bridgehead atoms. The van der Waals surface area contributed by atoms with Crippen LogP contribution in [-0.2, 0) is 5.75 Å². The highest BCUT2D eigenvalue weighted by atomic mass is 32.2. The van der Waals surface area contributed by atoms with E-state index in [0.717, 1.165) is 32.2 Å². The van der Waals surface area contributed by atoms with Crippen LogP contribution in [0.5, 0.6) is 0 Å². The summed E-state index contributed by atoms with van der Waals surface area (Å²) in [6.45, 7) is 5.94. The molecule has 2 N–H and O–H groups in total. The number of H-pyrrole nitrogens is 1. The molecule has 0 saturated carbocycles. The zero-order chi connectivity index (χ0) is 21.3. The number of nitrogens with one attached hydrogen (secondary N) is 2. The molecular weight excluding hydrogens is 416 g/mol. The summed E-state index contributed by atoms with van der Waals surface area (Å²) < 4.78 is 0.719. The predicted molar refractivity (Wildman–Crippen MR) is 123 cm³/mol. The highest BCUT2D eigenvalue weighted by molar-refractivity contribution is 8.00. The summed E-state index contributed by atoms with van der Waals surface area (Å²) in [5.41, 5.74) is 5.44. The molecule has 0 saturated heterocycles. The third-order valence-electron chi connectivity index (χ3n) is 4.96. The van der Waals surface area contributed by atoms with Gasteiger partial charge in [0.2, 0.25) is 5.13 Å². The fraction of sp³-hybridized carbons (Fsp3) is 0.182. The number of pyridine rings is 1. The number of benzene rings is 2. The van der Waals surface area contributed by atoms with Gasteiger partial charge in [-0.3, -0.25) is 14.9 Å². The van der Waals surface area contributed by atoms with Crippen molar-refractivity contribution in [1.82, 2.24) is 15.2 Å². The first-order valence-electron chi connectivity index (χ1n) is 9.38. The highest BCUT2D eigenvalue weighted by Crippen LogP contribution is 2.28. The number of thioether (sulfide) groups is 1. The molecule has 0 atom stereocenters. The molecule has 0 aliphatic rings. The fourth-order valence-corrected chi connectivity index (χ4v) is 4.80. The lowest BCUT2D eigenvalue weighted by Gasteiger charge is -2.08. The molecular formula is C22H20N4O2S2. The highest BCUT2D eigenvalue weighted by Gasteiger charge is 2.13. The van der Waals surface area contributed by atoms with Crippen LogP contribution in [0.4, 0.5) is 5.13 Å². The second kappa shape index (κ2) is 8.41. The molecule has 6 nitrogen and oxygen atoms in total. The average Bonchev–Trinajstić information content (AvgIpc) is 3.17. The quantitative estimate of drug-likeness (QED) is 0.345. The Morgan fingerprint density at radius 3 is 2.70 bits per heavy atom. The van der Waals surface area contributed by atoms with E-state index in [0.29, 0.717) is 21.8 Å². The van der Waals surface area contributed by atoms with Gasteiger partial charge in [-0.1, -0.05) is 47.4 Å². The van der Waals surface area contributed by atoms with Crippen LogP contribution in [0.2, 0.25) is 0 Å². The minimum Gasteiger partial charge on any atom is -0.357 e. The lowest BCUT2D eigenvalue weighted by atomic mass is 10.0. The van der Waals surface area contributed by atoms with E-state index in [1.165, 1.54) is 23.1 Å². The molecule has 4 rings (SSSR count). The number of rotatable bonds is 5. The standard InChI is InChI=1S/C22H20N4O2S2/c1-12-8-9-17-18(27)10-15(23-19(17)14(12)3)11-29-22-26-25-21(30-22)24-20(28)16-7-5-4-6-13(16)2/h4-10H,11H2,1-3H3,(H,23,27)(H,24,25,28). The Morgan fingerprint density at radius 1 is 1.10 bits per heavy atom. The first-order chi connectivity index (χ1) is 14.4. The van der Waals surface area contributed by atoms with Crippen molar-refractivity contribution in [2.75, 3.05) is 5.32 Å². The number of anilines is 1. The van der Waals surface area contributed by atoms with Gasteiger partial charge in [0, 0.05) is 28.5 Å². The number of amides is 1. The molecule has 8 heteroatoms. The zero-order valence-electron chi connectivity index (χ0n) is 16.8. The second-order valence-electron chi connectivity index (χ2n) is 7.02. The van der Waals surface area contributed by atoms with Gasteiger partial charge in [-0.05, 0) is 49.6 Å². The molecule has 30 heavy (non-hydrogen) atoms. The Hall–Kier alpha value is -2.97. The molecule has 0 radical (unpaired) electrons. The first-order valence-corrected chi connectivity index (χ1v) is 11.2. The normalized spacial score (nSPS) is 11.0. The lowest BCUT2D eigenvalue weighted by Crippen LogP contribution is -2.12. The zero-order valence-corrected chi connectivity index (χ0v) is 18.4. The second-order valence-corrected chi connectivity index (χ2v) is 9.22. The summed E-state index contributed by atoms with van der Waals surface area (Å²) in [7, 11) is 0. The van der Waals surface area contributed by atoms with E-state index in [1.54, 1.807) is 12.1 Å². The molecule has 1 amide bonds. The average molecular weight is 437 g/mol. The van der Waals surface area contributed by atoms with Crippen molar-refractivity contribution in [3.63, 3.8) is 0 Å². The monoisotopic (exact) mass is 436 g/mol. The molecule has 0 spiro atoms. The van der Waals surface area contributed by atoms with E-state index in [9.17, 15) is 9.59 Å². The van der Waals surface area contributed by atoms with Crippen LogP contribution in [-0.4, -0.2) is 21.1 Å². The van der Waals surface area contributed by atoms with Gasteiger partial charge in [0.1, 0.15) is 0 Å². The van der Waals surface area contributed by atoms with Crippen LogP contribution >= 0.6 is 23.1 Å². The molecule has 2 aromatic carbocycles. The summed E-state index contributed by atoms with van der Waals surface area (Å²) in [6, 6.07) is 12.9. The Morgan fingerprint density at radius 2 is 1.90 bits per heavy atom. The van der Waals surface area contributed by atoms with E-state index in [-0.39, 0.29) is 11.3 Å². The number of carbonyl (C=O) groups is 1. The minimum atomic E-state index is -0.203. The van der Waals surface area contributed by atoms with Crippen LogP contribution in [0, 0.1) is 20.8 Å². The Bertz CT molecular complexity index is 1310. The summed E-state index contributed by atoms with van der Waals surface area (Å²) >= 11 is 2.78. The van der Waals surface area contributed by atoms with E-state index in [2.05, 4.69) is 20.5 Å². The number of carbonyl (C=O) groups excluding carboxylic acids is 1. The smallest absolute Gasteiger partial charge is 0.257 e. The molecule has 0 unspecified atom stereocenters. The third kappa shape index (κ3) is 4.15. The van der Waals surface area contributed by atoms with Crippen LogP contribution in [0.3, 0.4) is 0 Å². The number of hydrogen-bond donors (Lipinski definition) is 2. The number of hydrogen-bond acceptors (Lipinski definition) is 6. The topological polar surface area (TPSA) is 87.7 Å². The third-order valence-corrected chi connectivity index (χ3v) is 6.98. The molecule has 0 fully saturated rings. The first kappa shape index (κ1) is 20.3. The molecule has 0 aliphatic carbocycles. The van der Waals surface area contributed by atoms with Crippen molar-refractivity contribution >= 4 is 45.0 Å². The van der Waals surface area contributed by atoms with Gasteiger partial charge in [0.05, 0.1) is 5.52 Å². The number of aromatic nitrogens is 3. The van der Waals surface area contributed by atoms with Crippen LogP contribution in [0.1, 0.15) is 32.7 Å². The van der Waals surface area contributed by atoms with Crippen molar-refractivity contribution in [3.05, 3.63) is 80.6 Å². The van der Waals surface area contributed by atoms with Crippen LogP contribution in [0.25, 0.3) is 10.9 Å². The van der Waals surface area contributed by atoms with E-state index in [1.807, 2.05) is 51.1 Å². The maximum Gasteiger partial charge on any atom is 0.257 e. The molecule has 152 valence electrons. The molecule has 4 aromatic rings. The maximum absolute atomic E-state index is 12.5. The van der Waals surface area contributed by atoms with Gasteiger partial charge in [0.25, 0.3) is 5.91 Å². The van der Waals surface area contributed by atoms with Gasteiger partial charge < -0.3 is 4.98 Å². The summed E-state index contributed by atoms with van der Waals surface area (Å²) in [5, 5.41) is 12.1. The summed E-state index contributed by atoms with van der Waals surface area (Å²) in [5.74, 6) is 0.351. The number of aryl methyl sites for hydroxylation is 3. The van der Waals surface area contributed by atoms with Gasteiger partial charge in [-0.25, -0.2) is 0 Å². The number of nitrogens with zero attached hydrogens (tertiary/aromatic N) is 2. The van der Waals surface area contributed by atoms with E-state index in [4.69, 9.17) is 0 Å². The summed E-state index contributed by atoms with van der Waals surface area (Å²) in [6.07, 6.45) is 0. The lowest BCUT2D eigenvalue weighted by molar-refractivity contribution is 0.102. The molecule has 2 aromatic heterocycles. The Kier molecular flexibility index (Phi) is 5.69. The van der Waals surface area contributed by atoms with Gasteiger partial charge >= 0.3 is 0 Å². The maximum atomic E-state index is 12.5. The largest absolute Gasteiger partial charge is 0.357 e. The SMILES string of the molecule is Cc1ccccc1C(=O)Nc1nnc(SCc2cc(=O)c3ccc(C)c(C)c3[nH]2)s1. The van der Waals surface area contributed by atoms with Crippen molar-refractivity contribution in [3.8, 4) is 0 Å². The molecule has 0 aliphatic heterocycles. The minimum absolute atomic E-state index is 0.00546. The van der Waals surface area contributed by atoms with Gasteiger partial charge in [0.15, 0.2) is 9.77 Å².